The molecule has 0 aromatic rings. The summed E-state index contributed by atoms with van der Waals surface area (Å²) in [6.45, 7) is 15.3. The number of rotatable bonds is 2. The third-order valence-electron chi connectivity index (χ3n) is 3.85. The van der Waals surface area contributed by atoms with E-state index in [1.807, 2.05) is 6.92 Å². The van der Waals surface area contributed by atoms with Gasteiger partial charge in [-0.1, -0.05) is 41.5 Å². The zero-order valence-corrected chi connectivity index (χ0v) is 11.8. The topological polar surface area (TPSA) is 26.3 Å². The normalized spacial score (nSPS) is 31.4. The van der Waals surface area contributed by atoms with E-state index in [-0.39, 0.29) is 16.7 Å². The molecule has 1 aliphatic carbocycles. The van der Waals surface area contributed by atoms with Gasteiger partial charge in [0.1, 0.15) is 5.60 Å². The molecule has 0 aromatic carbocycles. The van der Waals surface area contributed by atoms with Gasteiger partial charge in [0.25, 0.3) is 0 Å². The second-order valence-electron chi connectivity index (χ2n) is 7.00. The average Bonchev–Trinajstić information content (AvgIpc) is 2.06. The van der Waals surface area contributed by atoms with E-state index in [2.05, 4.69) is 41.5 Å². The fourth-order valence-corrected chi connectivity index (χ4v) is 2.60. The first kappa shape index (κ1) is 13.7. The minimum atomic E-state index is -0.542. The van der Waals surface area contributed by atoms with Gasteiger partial charge in [0.05, 0.1) is 0 Å². The lowest BCUT2D eigenvalue weighted by molar-refractivity contribution is -0.202. The summed E-state index contributed by atoms with van der Waals surface area (Å²) >= 11 is 0. The number of carbonyl (C=O) groups is 1. The molecule has 1 saturated carbocycles. The highest BCUT2D eigenvalue weighted by Gasteiger charge is 2.63. The monoisotopic (exact) mass is 226 g/mol. The predicted molar refractivity (Wildman–Crippen MR) is 66.4 cm³/mol. The number of hydrogen-bond donors (Lipinski definition) is 0. The summed E-state index contributed by atoms with van der Waals surface area (Å²) in [4.78, 5) is 12.4. The van der Waals surface area contributed by atoms with Crippen LogP contribution in [0.15, 0.2) is 0 Å². The molecule has 0 N–H and O–H groups in total. The average molecular weight is 226 g/mol. The van der Waals surface area contributed by atoms with Crippen LogP contribution >= 0.6 is 0 Å². The minimum Gasteiger partial charge on any atom is -0.367 e. The molecule has 0 bridgehead atoms. The highest BCUT2D eigenvalue weighted by Crippen LogP contribution is 2.54. The fourth-order valence-electron chi connectivity index (χ4n) is 2.60. The lowest BCUT2D eigenvalue weighted by atomic mass is 9.52. The maximum atomic E-state index is 12.4. The lowest BCUT2D eigenvalue weighted by Gasteiger charge is -2.56. The second kappa shape index (κ2) is 3.83. The zero-order chi connectivity index (χ0) is 12.8. The van der Waals surface area contributed by atoms with Gasteiger partial charge in [0.15, 0.2) is 5.78 Å². The molecular formula is C14H26O2. The molecular weight excluding hydrogens is 200 g/mol. The maximum Gasteiger partial charge on any atom is 0.168 e. The molecule has 0 radical (unpaired) electrons. The number of Topliss-reactive ketones (excluding diaryl/α,β-unsaturated/α-hetero) is 1. The Labute approximate surface area is 99.8 Å². The van der Waals surface area contributed by atoms with E-state index in [0.717, 1.165) is 6.42 Å². The molecule has 2 nitrogen and oxygen atoms in total. The van der Waals surface area contributed by atoms with E-state index in [4.69, 9.17) is 4.74 Å². The molecule has 94 valence electrons. The summed E-state index contributed by atoms with van der Waals surface area (Å²) in [6, 6.07) is 0. The van der Waals surface area contributed by atoms with Crippen molar-refractivity contribution in [1.82, 2.24) is 0 Å². The minimum absolute atomic E-state index is 0.0585. The third-order valence-corrected chi connectivity index (χ3v) is 3.85. The van der Waals surface area contributed by atoms with Crippen molar-refractivity contribution >= 4 is 5.78 Å². The Morgan fingerprint density at radius 3 is 2.00 bits per heavy atom. The van der Waals surface area contributed by atoms with Gasteiger partial charge in [0.2, 0.25) is 0 Å². The van der Waals surface area contributed by atoms with E-state index in [1.54, 1.807) is 0 Å². The van der Waals surface area contributed by atoms with E-state index >= 15 is 0 Å². The lowest BCUT2D eigenvalue weighted by Crippen LogP contribution is -2.66. The van der Waals surface area contributed by atoms with Gasteiger partial charge in [-0.05, 0) is 24.2 Å². The summed E-state index contributed by atoms with van der Waals surface area (Å²) in [5.41, 5.74) is -0.593. The van der Waals surface area contributed by atoms with Crippen molar-refractivity contribution in [2.75, 3.05) is 6.61 Å². The van der Waals surface area contributed by atoms with Crippen LogP contribution in [0.2, 0.25) is 0 Å². The van der Waals surface area contributed by atoms with Crippen LogP contribution in [-0.4, -0.2) is 18.0 Å². The fraction of sp³-hybridized carbons (Fsp3) is 0.929. The molecule has 0 aromatic heterocycles. The Kier molecular flexibility index (Phi) is 3.28. The molecule has 0 spiro atoms. The molecule has 1 aliphatic rings. The summed E-state index contributed by atoms with van der Waals surface area (Å²) in [5, 5.41) is 0. The molecule has 0 aliphatic heterocycles. The standard InChI is InChI=1S/C14H26O2/c1-8-16-14(13(5,6)7)9-10(11(14)15)12(2,3)4/h10H,8-9H2,1-7H3. The summed E-state index contributed by atoms with van der Waals surface area (Å²) in [6.07, 6.45) is 0.868. The smallest absolute Gasteiger partial charge is 0.168 e. The first-order chi connectivity index (χ1) is 7.06. The first-order valence-corrected chi connectivity index (χ1v) is 6.24. The van der Waals surface area contributed by atoms with E-state index in [1.165, 1.54) is 0 Å². The molecule has 2 atom stereocenters. The van der Waals surface area contributed by atoms with Crippen molar-refractivity contribution in [2.45, 2.75) is 60.5 Å². The molecule has 0 heterocycles. The van der Waals surface area contributed by atoms with Crippen molar-refractivity contribution < 1.29 is 9.53 Å². The van der Waals surface area contributed by atoms with Crippen LogP contribution in [0.4, 0.5) is 0 Å². The van der Waals surface area contributed by atoms with Crippen molar-refractivity contribution in [3.63, 3.8) is 0 Å². The highest BCUT2D eigenvalue weighted by atomic mass is 16.5. The van der Waals surface area contributed by atoms with Crippen LogP contribution in [0.3, 0.4) is 0 Å². The number of ketones is 1. The molecule has 2 heteroatoms. The Bertz CT molecular complexity index is 280. The Hall–Kier alpha value is -0.370. The first-order valence-electron chi connectivity index (χ1n) is 6.24. The Morgan fingerprint density at radius 1 is 1.25 bits per heavy atom. The molecule has 1 fully saturated rings. The maximum absolute atomic E-state index is 12.4. The van der Waals surface area contributed by atoms with Gasteiger partial charge < -0.3 is 4.74 Å². The van der Waals surface area contributed by atoms with Crippen LogP contribution in [0, 0.1) is 16.7 Å². The quantitative estimate of drug-likeness (QED) is 0.721. The molecule has 16 heavy (non-hydrogen) atoms. The van der Waals surface area contributed by atoms with E-state index in [0.29, 0.717) is 12.4 Å². The number of ether oxygens (including phenoxy) is 1. The molecule has 1 rings (SSSR count). The van der Waals surface area contributed by atoms with Crippen LogP contribution in [0.25, 0.3) is 0 Å². The van der Waals surface area contributed by atoms with Crippen molar-refractivity contribution in [3.05, 3.63) is 0 Å². The number of hydrogen-bond acceptors (Lipinski definition) is 2. The van der Waals surface area contributed by atoms with Gasteiger partial charge in [-0.25, -0.2) is 0 Å². The molecule has 0 amide bonds. The highest BCUT2D eigenvalue weighted by molar-refractivity contribution is 5.97. The Morgan fingerprint density at radius 2 is 1.75 bits per heavy atom. The van der Waals surface area contributed by atoms with Crippen LogP contribution in [-0.2, 0) is 9.53 Å². The van der Waals surface area contributed by atoms with Crippen molar-refractivity contribution in [3.8, 4) is 0 Å². The third kappa shape index (κ3) is 1.92. The van der Waals surface area contributed by atoms with Crippen molar-refractivity contribution in [1.29, 1.82) is 0 Å². The zero-order valence-electron chi connectivity index (χ0n) is 11.8. The second-order valence-corrected chi connectivity index (χ2v) is 7.00. The van der Waals surface area contributed by atoms with E-state index in [9.17, 15) is 4.79 Å². The Balaban J connectivity index is 2.93. The van der Waals surface area contributed by atoms with Gasteiger partial charge in [-0.15, -0.1) is 0 Å². The predicted octanol–water partition coefficient (Wildman–Crippen LogP) is 3.44. The van der Waals surface area contributed by atoms with Gasteiger partial charge in [0, 0.05) is 12.5 Å². The van der Waals surface area contributed by atoms with Crippen molar-refractivity contribution in [2.24, 2.45) is 16.7 Å². The summed E-state index contributed by atoms with van der Waals surface area (Å²) in [5.74, 6) is 0.452. The largest absolute Gasteiger partial charge is 0.367 e. The molecule has 0 saturated heterocycles. The SMILES string of the molecule is CCOC1(C(C)(C)C)CC(C(C)(C)C)C1=O. The summed E-state index contributed by atoms with van der Waals surface area (Å²) < 4.78 is 5.82. The number of carbonyl (C=O) groups excluding carboxylic acids is 1. The van der Waals surface area contributed by atoms with Crippen LogP contribution in [0.5, 0.6) is 0 Å². The van der Waals surface area contributed by atoms with Gasteiger partial charge in [-0.2, -0.15) is 0 Å². The molecule has 2 unspecified atom stereocenters. The summed E-state index contributed by atoms with van der Waals surface area (Å²) in [7, 11) is 0. The van der Waals surface area contributed by atoms with Gasteiger partial charge >= 0.3 is 0 Å². The van der Waals surface area contributed by atoms with Gasteiger partial charge in [-0.3, -0.25) is 4.79 Å². The van der Waals surface area contributed by atoms with Crippen LogP contribution < -0.4 is 0 Å². The van der Waals surface area contributed by atoms with E-state index < -0.39 is 5.60 Å². The van der Waals surface area contributed by atoms with Crippen LogP contribution in [0.1, 0.15) is 54.9 Å².